The van der Waals surface area contributed by atoms with Crippen molar-refractivity contribution in [1.82, 2.24) is 20.0 Å². The van der Waals surface area contributed by atoms with Crippen LogP contribution in [0.3, 0.4) is 0 Å². The van der Waals surface area contributed by atoms with Crippen molar-refractivity contribution in [3.05, 3.63) is 23.1 Å². The zero-order chi connectivity index (χ0) is 16.4. The lowest BCUT2D eigenvalue weighted by Crippen LogP contribution is -2.20. The number of aromatic nitrogens is 4. The Labute approximate surface area is 132 Å². The minimum absolute atomic E-state index is 0.123. The van der Waals surface area contributed by atoms with Crippen molar-refractivity contribution in [2.75, 3.05) is 13.2 Å². The topological polar surface area (TPSA) is 99.1 Å². The van der Waals surface area contributed by atoms with Gasteiger partial charge >= 0.3 is 11.9 Å². The van der Waals surface area contributed by atoms with Gasteiger partial charge in [0.1, 0.15) is 6.54 Å². The molecule has 3 rings (SSSR count). The standard InChI is InChI=1S/C15H18N4O4/c1-3-22-12(20)8-19-14(15(21)23-4-2)9-5-6-11-10(7-16-17-11)13(9)18-19/h7H,3-6,8H2,1-2H3,(H,16,17). The van der Waals surface area contributed by atoms with E-state index in [1.54, 1.807) is 20.0 Å². The van der Waals surface area contributed by atoms with Crippen LogP contribution in [0.1, 0.15) is 35.6 Å². The van der Waals surface area contributed by atoms with E-state index in [1.807, 2.05) is 0 Å². The van der Waals surface area contributed by atoms with Crippen LogP contribution >= 0.6 is 0 Å². The van der Waals surface area contributed by atoms with Crippen molar-refractivity contribution in [2.45, 2.75) is 33.2 Å². The number of ether oxygens (including phenoxy) is 2. The molecule has 0 bridgehead atoms. The number of esters is 2. The molecule has 2 aromatic rings. The maximum Gasteiger partial charge on any atom is 0.356 e. The second-order valence-corrected chi connectivity index (χ2v) is 5.12. The van der Waals surface area contributed by atoms with Gasteiger partial charge in [-0.3, -0.25) is 9.89 Å². The zero-order valence-electron chi connectivity index (χ0n) is 13.1. The van der Waals surface area contributed by atoms with Gasteiger partial charge in [-0.15, -0.1) is 0 Å². The molecule has 0 atom stereocenters. The molecule has 2 heterocycles. The zero-order valence-corrected chi connectivity index (χ0v) is 13.1. The number of fused-ring (bicyclic) bond motifs is 3. The van der Waals surface area contributed by atoms with E-state index < -0.39 is 11.9 Å². The molecule has 122 valence electrons. The molecule has 23 heavy (non-hydrogen) atoms. The first-order chi connectivity index (χ1) is 11.2. The summed E-state index contributed by atoms with van der Waals surface area (Å²) in [6.07, 6.45) is 3.06. The Balaban J connectivity index is 2.05. The van der Waals surface area contributed by atoms with Crippen LogP contribution in [-0.2, 0) is 33.7 Å². The highest BCUT2D eigenvalue weighted by Gasteiger charge is 2.30. The summed E-state index contributed by atoms with van der Waals surface area (Å²) in [4.78, 5) is 24.1. The van der Waals surface area contributed by atoms with E-state index in [-0.39, 0.29) is 19.8 Å². The van der Waals surface area contributed by atoms with Crippen LogP contribution in [0.25, 0.3) is 11.3 Å². The van der Waals surface area contributed by atoms with Crippen LogP contribution in [0, 0.1) is 0 Å². The average molecular weight is 318 g/mol. The van der Waals surface area contributed by atoms with E-state index in [0.29, 0.717) is 17.8 Å². The van der Waals surface area contributed by atoms with E-state index in [2.05, 4.69) is 15.3 Å². The largest absolute Gasteiger partial charge is 0.465 e. The van der Waals surface area contributed by atoms with Crippen LogP contribution in [0.5, 0.6) is 0 Å². The molecule has 8 heteroatoms. The summed E-state index contributed by atoms with van der Waals surface area (Å²) in [6, 6.07) is 0. The number of rotatable bonds is 5. The highest BCUT2D eigenvalue weighted by molar-refractivity contribution is 5.92. The van der Waals surface area contributed by atoms with Gasteiger partial charge in [-0.1, -0.05) is 0 Å². The summed E-state index contributed by atoms with van der Waals surface area (Å²) in [5.74, 6) is -0.914. The van der Waals surface area contributed by atoms with Crippen molar-refractivity contribution in [3.8, 4) is 11.3 Å². The van der Waals surface area contributed by atoms with E-state index in [4.69, 9.17) is 9.47 Å². The second-order valence-electron chi connectivity index (χ2n) is 5.12. The summed E-state index contributed by atoms with van der Waals surface area (Å²) in [5, 5.41) is 11.4. The SMILES string of the molecule is CCOC(=O)Cn1nc2c(c1C(=O)OCC)CCc1[nH]ncc1-2. The highest BCUT2D eigenvalue weighted by Crippen LogP contribution is 2.33. The Morgan fingerprint density at radius 2 is 2.04 bits per heavy atom. The number of nitrogens with zero attached hydrogens (tertiary/aromatic N) is 3. The molecule has 2 aromatic heterocycles. The first-order valence-corrected chi connectivity index (χ1v) is 7.60. The van der Waals surface area contributed by atoms with Gasteiger partial charge in [-0.2, -0.15) is 10.2 Å². The van der Waals surface area contributed by atoms with Gasteiger partial charge < -0.3 is 9.47 Å². The summed E-state index contributed by atoms with van der Waals surface area (Å²) in [7, 11) is 0. The van der Waals surface area contributed by atoms with Crippen molar-refractivity contribution in [2.24, 2.45) is 0 Å². The van der Waals surface area contributed by atoms with Crippen LogP contribution < -0.4 is 0 Å². The molecule has 0 unspecified atom stereocenters. The third kappa shape index (κ3) is 2.71. The summed E-state index contributed by atoms with van der Waals surface area (Å²) in [5.41, 5.74) is 3.63. The minimum Gasteiger partial charge on any atom is -0.465 e. The van der Waals surface area contributed by atoms with Gasteiger partial charge in [0.05, 0.1) is 25.1 Å². The predicted octanol–water partition coefficient (Wildman–Crippen LogP) is 1.11. The van der Waals surface area contributed by atoms with Gasteiger partial charge in [-0.25, -0.2) is 9.48 Å². The van der Waals surface area contributed by atoms with E-state index in [9.17, 15) is 9.59 Å². The lowest BCUT2D eigenvalue weighted by atomic mass is 9.94. The van der Waals surface area contributed by atoms with Crippen molar-refractivity contribution in [1.29, 1.82) is 0 Å². The number of carbonyl (C=O) groups excluding carboxylic acids is 2. The van der Waals surface area contributed by atoms with Gasteiger partial charge in [0.25, 0.3) is 0 Å². The molecule has 0 saturated carbocycles. The molecule has 0 aliphatic heterocycles. The van der Waals surface area contributed by atoms with E-state index in [0.717, 1.165) is 23.2 Å². The molecule has 1 N–H and O–H groups in total. The average Bonchev–Trinajstić information content (AvgIpc) is 3.10. The summed E-state index contributed by atoms with van der Waals surface area (Å²) in [6.45, 7) is 3.89. The Bertz CT molecular complexity index is 747. The Kier molecular flexibility index (Phi) is 4.14. The van der Waals surface area contributed by atoms with Crippen molar-refractivity contribution >= 4 is 11.9 Å². The van der Waals surface area contributed by atoms with E-state index >= 15 is 0 Å². The molecule has 0 saturated heterocycles. The molecule has 0 aromatic carbocycles. The summed E-state index contributed by atoms with van der Waals surface area (Å²) < 4.78 is 11.5. The fourth-order valence-electron chi connectivity index (χ4n) is 2.78. The van der Waals surface area contributed by atoms with Crippen molar-refractivity contribution in [3.63, 3.8) is 0 Å². The first-order valence-electron chi connectivity index (χ1n) is 7.60. The number of nitrogens with one attached hydrogen (secondary N) is 1. The predicted molar refractivity (Wildman–Crippen MR) is 79.8 cm³/mol. The van der Waals surface area contributed by atoms with Gasteiger partial charge in [0.2, 0.25) is 0 Å². The Morgan fingerprint density at radius 1 is 1.26 bits per heavy atom. The summed E-state index contributed by atoms with van der Waals surface area (Å²) >= 11 is 0. The smallest absolute Gasteiger partial charge is 0.356 e. The lowest BCUT2D eigenvalue weighted by molar-refractivity contribution is -0.144. The number of carbonyl (C=O) groups is 2. The second kappa shape index (κ2) is 6.23. The maximum atomic E-state index is 12.3. The molecule has 0 radical (unpaired) electrons. The fraction of sp³-hybridized carbons (Fsp3) is 0.467. The number of aryl methyl sites for hydroxylation is 1. The Hall–Kier alpha value is -2.64. The highest BCUT2D eigenvalue weighted by atomic mass is 16.5. The fourth-order valence-corrected chi connectivity index (χ4v) is 2.78. The maximum absolute atomic E-state index is 12.3. The van der Waals surface area contributed by atoms with Gasteiger partial charge in [-0.05, 0) is 26.7 Å². The number of aromatic amines is 1. The van der Waals surface area contributed by atoms with Gasteiger partial charge in [0.15, 0.2) is 5.69 Å². The number of H-pyrrole nitrogens is 1. The molecule has 1 aliphatic carbocycles. The Morgan fingerprint density at radius 3 is 2.78 bits per heavy atom. The minimum atomic E-state index is -0.475. The third-order valence-electron chi connectivity index (χ3n) is 3.70. The molecule has 0 amide bonds. The van der Waals surface area contributed by atoms with Gasteiger partial charge in [0, 0.05) is 16.8 Å². The van der Waals surface area contributed by atoms with E-state index in [1.165, 1.54) is 4.68 Å². The van der Waals surface area contributed by atoms with Crippen LogP contribution in [0.15, 0.2) is 6.20 Å². The molecule has 8 nitrogen and oxygen atoms in total. The first kappa shape index (κ1) is 15.3. The van der Waals surface area contributed by atoms with Crippen LogP contribution in [0.2, 0.25) is 0 Å². The molecular formula is C15H18N4O4. The molecule has 0 fully saturated rings. The molecular weight excluding hydrogens is 300 g/mol. The number of hydrogen-bond acceptors (Lipinski definition) is 6. The lowest BCUT2D eigenvalue weighted by Gasteiger charge is -2.11. The van der Waals surface area contributed by atoms with Crippen LogP contribution in [0.4, 0.5) is 0 Å². The van der Waals surface area contributed by atoms with Crippen molar-refractivity contribution < 1.29 is 19.1 Å². The normalized spacial score (nSPS) is 12.4. The quantitative estimate of drug-likeness (QED) is 0.829. The number of hydrogen-bond donors (Lipinski definition) is 1. The molecule has 1 aliphatic rings. The monoisotopic (exact) mass is 318 g/mol. The third-order valence-corrected chi connectivity index (χ3v) is 3.70. The van der Waals surface area contributed by atoms with Crippen LogP contribution in [-0.4, -0.2) is 45.1 Å². The molecule has 0 spiro atoms.